The van der Waals surface area contributed by atoms with Crippen molar-refractivity contribution < 1.29 is 19.4 Å². The van der Waals surface area contributed by atoms with Gasteiger partial charge in [-0.05, 0) is 70.9 Å². The maximum atomic E-state index is 12.7. The molecular formula is C44H87NO4S. The van der Waals surface area contributed by atoms with Crippen LogP contribution in [0.1, 0.15) is 233 Å². The summed E-state index contributed by atoms with van der Waals surface area (Å²) in [5, 5.41) is 9.91. The highest BCUT2D eigenvalue weighted by molar-refractivity contribution is 8.13. The fourth-order valence-electron chi connectivity index (χ4n) is 6.88. The van der Waals surface area contributed by atoms with Crippen molar-refractivity contribution in [3.8, 4) is 0 Å². The first-order chi connectivity index (χ1) is 24.6. The number of thioether (sulfide) groups is 1. The van der Waals surface area contributed by atoms with Crippen molar-refractivity contribution >= 4 is 22.8 Å². The molecular weight excluding hydrogens is 639 g/mol. The van der Waals surface area contributed by atoms with E-state index in [1.54, 1.807) is 11.8 Å². The Morgan fingerprint density at radius 3 is 1.40 bits per heavy atom. The molecule has 0 aliphatic rings. The predicted molar refractivity (Wildman–Crippen MR) is 220 cm³/mol. The second-order valence-corrected chi connectivity index (χ2v) is 16.3. The number of carbonyl (C=O) groups is 2. The molecule has 0 aliphatic carbocycles. The zero-order chi connectivity index (χ0) is 36.6. The molecule has 0 rings (SSSR count). The first-order valence-corrected chi connectivity index (χ1v) is 23.2. The molecule has 0 radical (unpaired) electrons. The summed E-state index contributed by atoms with van der Waals surface area (Å²) in [6.07, 6.45) is 39.4. The summed E-state index contributed by atoms with van der Waals surface area (Å²) >= 11 is 1.55. The molecule has 0 aromatic rings. The molecule has 0 fully saturated rings. The molecule has 0 aliphatic heterocycles. The van der Waals surface area contributed by atoms with Crippen molar-refractivity contribution in [2.45, 2.75) is 239 Å². The van der Waals surface area contributed by atoms with Crippen molar-refractivity contribution in [2.75, 3.05) is 32.0 Å². The van der Waals surface area contributed by atoms with E-state index in [0.717, 1.165) is 83.2 Å². The number of unbranched alkanes of at least 4 members (excludes halogenated alkanes) is 24. The van der Waals surface area contributed by atoms with Crippen LogP contribution in [0.25, 0.3) is 0 Å². The van der Waals surface area contributed by atoms with Crippen LogP contribution in [0.2, 0.25) is 0 Å². The standard InChI is InChI=1S/C44H87NO4S/c1-4-7-10-13-16-17-18-24-32-41-50-44(48)36-29-25-31-38-45(39-40-46)37-30-23-19-22-28-35-43(47)49-42(33-26-20-14-11-8-5-2)34-27-21-15-12-9-6-3/h42,46H,4-41H2,1-3H3. The molecule has 0 aromatic carbocycles. The van der Waals surface area contributed by atoms with Gasteiger partial charge in [0, 0.05) is 25.1 Å². The van der Waals surface area contributed by atoms with Gasteiger partial charge in [0.15, 0.2) is 5.12 Å². The molecule has 0 amide bonds. The minimum atomic E-state index is 0.0141. The van der Waals surface area contributed by atoms with E-state index in [9.17, 15) is 14.7 Å². The van der Waals surface area contributed by atoms with E-state index in [1.807, 2.05) is 0 Å². The number of hydrogen-bond acceptors (Lipinski definition) is 6. The molecule has 50 heavy (non-hydrogen) atoms. The van der Waals surface area contributed by atoms with Gasteiger partial charge in [0.05, 0.1) is 6.61 Å². The average molecular weight is 726 g/mol. The van der Waals surface area contributed by atoms with E-state index in [1.165, 1.54) is 141 Å². The Morgan fingerprint density at radius 2 is 0.900 bits per heavy atom. The summed E-state index contributed by atoms with van der Waals surface area (Å²) in [4.78, 5) is 27.3. The Bertz CT molecular complexity index is 690. The van der Waals surface area contributed by atoms with Crippen molar-refractivity contribution in [1.82, 2.24) is 4.90 Å². The van der Waals surface area contributed by atoms with E-state index in [2.05, 4.69) is 25.7 Å². The van der Waals surface area contributed by atoms with E-state index >= 15 is 0 Å². The van der Waals surface area contributed by atoms with Crippen LogP contribution in [-0.2, 0) is 14.3 Å². The lowest BCUT2D eigenvalue weighted by Gasteiger charge is -2.21. The van der Waals surface area contributed by atoms with Gasteiger partial charge >= 0.3 is 5.97 Å². The van der Waals surface area contributed by atoms with E-state index in [4.69, 9.17) is 4.74 Å². The van der Waals surface area contributed by atoms with Gasteiger partial charge in [0.2, 0.25) is 0 Å². The lowest BCUT2D eigenvalue weighted by molar-refractivity contribution is -0.150. The Hall–Kier alpha value is -0.590. The maximum Gasteiger partial charge on any atom is 0.306 e. The number of hydrogen-bond donors (Lipinski definition) is 1. The molecule has 0 bridgehead atoms. The second-order valence-electron chi connectivity index (χ2n) is 15.2. The Balaban J connectivity index is 3.96. The smallest absolute Gasteiger partial charge is 0.306 e. The third-order valence-corrected chi connectivity index (χ3v) is 11.2. The lowest BCUT2D eigenvalue weighted by Crippen LogP contribution is -2.29. The second kappa shape index (κ2) is 41.2. The van der Waals surface area contributed by atoms with Crippen LogP contribution in [0.15, 0.2) is 0 Å². The monoisotopic (exact) mass is 726 g/mol. The van der Waals surface area contributed by atoms with Crippen molar-refractivity contribution in [1.29, 1.82) is 0 Å². The van der Waals surface area contributed by atoms with Crippen LogP contribution in [0.4, 0.5) is 0 Å². The predicted octanol–water partition coefficient (Wildman–Crippen LogP) is 13.4. The van der Waals surface area contributed by atoms with Crippen LogP contribution in [0.5, 0.6) is 0 Å². The van der Waals surface area contributed by atoms with Gasteiger partial charge in [-0.1, -0.05) is 174 Å². The van der Waals surface area contributed by atoms with Crippen molar-refractivity contribution in [2.24, 2.45) is 0 Å². The Morgan fingerprint density at radius 1 is 0.500 bits per heavy atom. The number of nitrogens with zero attached hydrogens (tertiary/aromatic N) is 1. The summed E-state index contributed by atoms with van der Waals surface area (Å²) in [6.45, 7) is 9.75. The number of aliphatic hydroxyl groups is 1. The third kappa shape index (κ3) is 37.2. The van der Waals surface area contributed by atoms with E-state index in [0.29, 0.717) is 18.0 Å². The molecule has 0 spiro atoms. The minimum absolute atomic E-state index is 0.0141. The van der Waals surface area contributed by atoms with Gasteiger partial charge in [-0.25, -0.2) is 0 Å². The van der Waals surface area contributed by atoms with Crippen LogP contribution < -0.4 is 0 Å². The summed E-state index contributed by atoms with van der Waals surface area (Å²) in [5.41, 5.74) is 0. The summed E-state index contributed by atoms with van der Waals surface area (Å²) in [6, 6.07) is 0. The number of esters is 1. The topological polar surface area (TPSA) is 66.8 Å². The third-order valence-electron chi connectivity index (χ3n) is 10.2. The highest BCUT2D eigenvalue weighted by atomic mass is 32.2. The van der Waals surface area contributed by atoms with Gasteiger partial charge < -0.3 is 14.7 Å². The number of rotatable bonds is 41. The van der Waals surface area contributed by atoms with Crippen LogP contribution >= 0.6 is 11.8 Å². The first kappa shape index (κ1) is 49.4. The van der Waals surface area contributed by atoms with Crippen molar-refractivity contribution in [3.05, 3.63) is 0 Å². The molecule has 6 heteroatoms. The highest BCUT2D eigenvalue weighted by Gasteiger charge is 2.14. The zero-order valence-electron chi connectivity index (χ0n) is 34.0. The molecule has 5 nitrogen and oxygen atoms in total. The lowest BCUT2D eigenvalue weighted by atomic mass is 10.0. The molecule has 0 atom stereocenters. The van der Waals surface area contributed by atoms with Gasteiger partial charge in [0.1, 0.15) is 6.10 Å². The fraction of sp³-hybridized carbons (Fsp3) is 0.955. The van der Waals surface area contributed by atoms with Crippen LogP contribution in [0.3, 0.4) is 0 Å². The van der Waals surface area contributed by atoms with Crippen LogP contribution in [-0.4, -0.2) is 59.2 Å². The highest BCUT2D eigenvalue weighted by Crippen LogP contribution is 2.19. The van der Waals surface area contributed by atoms with Gasteiger partial charge in [-0.15, -0.1) is 0 Å². The summed E-state index contributed by atoms with van der Waals surface area (Å²) < 4.78 is 6.02. The molecule has 0 unspecified atom stereocenters. The summed E-state index contributed by atoms with van der Waals surface area (Å²) in [5.74, 6) is 1.00. The number of ether oxygens (including phenoxy) is 1. The van der Waals surface area contributed by atoms with Gasteiger partial charge in [-0.2, -0.15) is 0 Å². The fourth-order valence-corrected chi connectivity index (χ4v) is 7.74. The number of carbonyl (C=O) groups excluding carboxylic acids is 2. The molecule has 0 saturated carbocycles. The van der Waals surface area contributed by atoms with E-state index < -0.39 is 0 Å². The normalized spacial score (nSPS) is 11.6. The molecule has 0 heterocycles. The zero-order valence-corrected chi connectivity index (χ0v) is 34.8. The minimum Gasteiger partial charge on any atom is -0.462 e. The van der Waals surface area contributed by atoms with Crippen LogP contribution in [0, 0.1) is 0 Å². The number of aliphatic hydroxyl groups excluding tert-OH is 1. The largest absolute Gasteiger partial charge is 0.462 e. The average Bonchev–Trinajstić information content (AvgIpc) is 3.11. The molecule has 1 N–H and O–H groups in total. The summed E-state index contributed by atoms with van der Waals surface area (Å²) in [7, 11) is 0. The van der Waals surface area contributed by atoms with Gasteiger partial charge in [0.25, 0.3) is 0 Å². The van der Waals surface area contributed by atoms with Crippen molar-refractivity contribution in [3.63, 3.8) is 0 Å². The SMILES string of the molecule is CCCCCCCCCCCSC(=O)CCCCCN(CCO)CCCCCCCC(=O)OC(CCCCCCCC)CCCCCCCC. The quantitative estimate of drug-likeness (QED) is 0.0500. The van der Waals surface area contributed by atoms with Gasteiger partial charge in [-0.3, -0.25) is 9.59 Å². The Kier molecular flexibility index (Phi) is 40.7. The Labute approximate surface area is 317 Å². The molecule has 0 aromatic heterocycles. The maximum absolute atomic E-state index is 12.7. The molecule has 298 valence electrons. The van der Waals surface area contributed by atoms with E-state index in [-0.39, 0.29) is 18.7 Å². The first-order valence-electron chi connectivity index (χ1n) is 22.3. The molecule has 0 saturated heterocycles.